The summed E-state index contributed by atoms with van der Waals surface area (Å²) in [6.07, 6.45) is 13.1. The summed E-state index contributed by atoms with van der Waals surface area (Å²) >= 11 is 0. The Balaban J connectivity index is 2.24. The van der Waals surface area contributed by atoms with Gasteiger partial charge in [0, 0.05) is 13.3 Å². The number of carbonyl (C=O) groups is 1. The second kappa shape index (κ2) is 3.45. The van der Waals surface area contributed by atoms with Crippen LogP contribution in [0.2, 0.25) is 0 Å². The highest BCUT2D eigenvalue weighted by Crippen LogP contribution is 2.38. The molecule has 0 bridgehead atoms. The van der Waals surface area contributed by atoms with Crippen molar-refractivity contribution in [3.63, 3.8) is 0 Å². The zero-order valence-electron chi connectivity index (χ0n) is 8.32. The monoisotopic (exact) mass is 190 g/mol. The highest BCUT2D eigenvalue weighted by Gasteiger charge is 2.36. The predicted octanol–water partition coefficient (Wildman–Crippen LogP) is 2.52. The van der Waals surface area contributed by atoms with Crippen LogP contribution in [0.5, 0.6) is 0 Å². The van der Waals surface area contributed by atoms with E-state index in [1.54, 1.807) is 0 Å². The van der Waals surface area contributed by atoms with Crippen molar-refractivity contribution in [1.82, 2.24) is 0 Å². The molecule has 0 radical (unpaired) electrons. The molecule has 2 heteroatoms. The number of rotatable bonds is 2. The average molecular weight is 190 g/mol. The molecule has 2 aliphatic carbocycles. The Kier molecular flexibility index (Phi) is 2.28. The summed E-state index contributed by atoms with van der Waals surface area (Å²) in [5.41, 5.74) is 0.784. The summed E-state index contributed by atoms with van der Waals surface area (Å²) < 4.78 is 5.44. The minimum atomic E-state index is -0.459. The molecule has 0 aromatic rings. The van der Waals surface area contributed by atoms with Crippen molar-refractivity contribution in [2.75, 3.05) is 0 Å². The quantitative estimate of drug-likeness (QED) is 0.494. The van der Waals surface area contributed by atoms with Gasteiger partial charge in [0.05, 0.1) is 0 Å². The van der Waals surface area contributed by atoms with Crippen LogP contribution in [0.25, 0.3) is 0 Å². The van der Waals surface area contributed by atoms with E-state index in [1.807, 2.05) is 24.3 Å². The SMILES string of the molecule is CC(=O)OC1(C2=CCC2)C=CC=CC1. The first-order chi connectivity index (χ1) is 6.73. The number of allylic oxidation sites excluding steroid dienone is 3. The van der Waals surface area contributed by atoms with Crippen LogP contribution < -0.4 is 0 Å². The summed E-state index contributed by atoms with van der Waals surface area (Å²) in [5, 5.41) is 0. The average Bonchev–Trinajstić information content (AvgIpc) is 2.00. The fourth-order valence-electron chi connectivity index (χ4n) is 1.91. The van der Waals surface area contributed by atoms with E-state index in [1.165, 1.54) is 12.5 Å². The van der Waals surface area contributed by atoms with Gasteiger partial charge in [-0.1, -0.05) is 24.3 Å². The lowest BCUT2D eigenvalue weighted by Gasteiger charge is -2.36. The van der Waals surface area contributed by atoms with Gasteiger partial charge in [-0.3, -0.25) is 4.79 Å². The number of hydrogen-bond donors (Lipinski definition) is 0. The lowest BCUT2D eigenvalue weighted by atomic mass is 9.79. The van der Waals surface area contributed by atoms with Crippen molar-refractivity contribution < 1.29 is 9.53 Å². The third kappa shape index (κ3) is 1.52. The Morgan fingerprint density at radius 3 is 2.71 bits per heavy atom. The lowest BCUT2D eigenvalue weighted by molar-refractivity contribution is -0.149. The van der Waals surface area contributed by atoms with Crippen molar-refractivity contribution in [3.8, 4) is 0 Å². The fourth-order valence-corrected chi connectivity index (χ4v) is 1.91. The van der Waals surface area contributed by atoms with Gasteiger partial charge in [-0.25, -0.2) is 0 Å². The first kappa shape index (κ1) is 9.25. The molecular weight excluding hydrogens is 176 g/mol. The van der Waals surface area contributed by atoms with E-state index < -0.39 is 5.60 Å². The summed E-state index contributed by atoms with van der Waals surface area (Å²) in [5.74, 6) is -0.210. The smallest absolute Gasteiger partial charge is 0.303 e. The molecule has 0 N–H and O–H groups in total. The topological polar surface area (TPSA) is 26.3 Å². The molecular formula is C12H14O2. The van der Waals surface area contributed by atoms with E-state index in [2.05, 4.69) is 6.08 Å². The first-order valence-corrected chi connectivity index (χ1v) is 4.96. The molecule has 2 aliphatic rings. The second-order valence-corrected chi connectivity index (χ2v) is 3.74. The van der Waals surface area contributed by atoms with Crippen molar-refractivity contribution in [3.05, 3.63) is 36.0 Å². The van der Waals surface area contributed by atoms with Crippen molar-refractivity contribution in [1.29, 1.82) is 0 Å². The molecule has 2 rings (SSSR count). The molecule has 0 aromatic carbocycles. The zero-order chi connectivity index (χ0) is 10.0. The summed E-state index contributed by atoms with van der Waals surface area (Å²) in [7, 11) is 0. The maximum atomic E-state index is 11.1. The molecule has 0 saturated heterocycles. The van der Waals surface area contributed by atoms with Crippen LogP contribution in [-0.2, 0) is 9.53 Å². The van der Waals surface area contributed by atoms with Gasteiger partial charge in [-0.05, 0) is 24.5 Å². The second-order valence-electron chi connectivity index (χ2n) is 3.74. The van der Waals surface area contributed by atoms with Gasteiger partial charge in [-0.2, -0.15) is 0 Å². The number of carbonyl (C=O) groups excluding carboxylic acids is 1. The van der Waals surface area contributed by atoms with Crippen LogP contribution in [-0.4, -0.2) is 11.6 Å². The summed E-state index contributed by atoms with van der Waals surface area (Å²) in [6, 6.07) is 0. The van der Waals surface area contributed by atoms with E-state index in [9.17, 15) is 4.79 Å². The van der Waals surface area contributed by atoms with Crippen molar-refractivity contribution in [2.24, 2.45) is 0 Å². The molecule has 1 atom stereocenters. The third-order valence-corrected chi connectivity index (χ3v) is 2.71. The molecule has 0 heterocycles. The molecule has 1 unspecified atom stereocenters. The van der Waals surface area contributed by atoms with Gasteiger partial charge in [0.2, 0.25) is 0 Å². The van der Waals surface area contributed by atoms with Crippen LogP contribution in [0.3, 0.4) is 0 Å². The third-order valence-electron chi connectivity index (χ3n) is 2.71. The van der Waals surface area contributed by atoms with Gasteiger partial charge >= 0.3 is 5.97 Å². The fraction of sp³-hybridized carbons (Fsp3) is 0.417. The van der Waals surface area contributed by atoms with E-state index in [-0.39, 0.29) is 5.97 Å². The van der Waals surface area contributed by atoms with E-state index >= 15 is 0 Å². The number of esters is 1. The normalized spacial score (nSPS) is 29.4. The van der Waals surface area contributed by atoms with E-state index in [0.717, 1.165) is 19.3 Å². The predicted molar refractivity (Wildman–Crippen MR) is 54.7 cm³/mol. The first-order valence-electron chi connectivity index (χ1n) is 4.96. The van der Waals surface area contributed by atoms with Gasteiger partial charge in [-0.15, -0.1) is 0 Å². The van der Waals surface area contributed by atoms with Crippen LogP contribution in [0.4, 0.5) is 0 Å². The number of ether oxygens (including phenoxy) is 1. The van der Waals surface area contributed by atoms with E-state index in [4.69, 9.17) is 4.74 Å². The largest absolute Gasteiger partial charge is 0.450 e. The Hall–Kier alpha value is -1.31. The molecule has 0 amide bonds. The maximum Gasteiger partial charge on any atom is 0.303 e. The van der Waals surface area contributed by atoms with Crippen LogP contribution in [0.15, 0.2) is 36.0 Å². The highest BCUT2D eigenvalue weighted by molar-refractivity contribution is 5.68. The zero-order valence-corrected chi connectivity index (χ0v) is 8.32. The standard InChI is InChI=1S/C12H14O2/c1-10(13)14-12(11-6-5-7-11)8-3-2-4-9-12/h2-4,6,8H,5,7,9H2,1H3. The van der Waals surface area contributed by atoms with Gasteiger partial charge in [0.25, 0.3) is 0 Å². The maximum absolute atomic E-state index is 11.1. The molecule has 0 aromatic heterocycles. The Labute approximate surface area is 83.9 Å². The van der Waals surface area contributed by atoms with Crippen molar-refractivity contribution >= 4 is 5.97 Å². The highest BCUT2D eigenvalue weighted by atomic mass is 16.6. The van der Waals surface area contributed by atoms with Gasteiger partial charge in [0.1, 0.15) is 0 Å². The Bertz CT molecular complexity index is 336. The molecule has 0 spiro atoms. The molecule has 74 valence electrons. The van der Waals surface area contributed by atoms with Crippen LogP contribution in [0, 0.1) is 0 Å². The molecule has 2 nitrogen and oxygen atoms in total. The molecule has 0 fully saturated rings. The van der Waals surface area contributed by atoms with Gasteiger partial charge < -0.3 is 4.74 Å². The number of hydrogen-bond acceptors (Lipinski definition) is 2. The van der Waals surface area contributed by atoms with Crippen LogP contribution in [0.1, 0.15) is 26.2 Å². The summed E-state index contributed by atoms with van der Waals surface area (Å²) in [6.45, 7) is 1.47. The summed E-state index contributed by atoms with van der Waals surface area (Å²) in [4.78, 5) is 11.1. The molecule has 14 heavy (non-hydrogen) atoms. The molecule has 0 saturated carbocycles. The molecule has 0 aliphatic heterocycles. The lowest BCUT2D eigenvalue weighted by Crippen LogP contribution is -2.36. The van der Waals surface area contributed by atoms with E-state index in [0.29, 0.717) is 0 Å². The minimum Gasteiger partial charge on any atom is -0.450 e. The minimum absolute atomic E-state index is 0.210. The van der Waals surface area contributed by atoms with Gasteiger partial charge in [0.15, 0.2) is 5.60 Å². The Morgan fingerprint density at radius 2 is 2.29 bits per heavy atom. The van der Waals surface area contributed by atoms with Crippen molar-refractivity contribution in [2.45, 2.75) is 31.8 Å². The van der Waals surface area contributed by atoms with Crippen LogP contribution >= 0.6 is 0 Å². The Morgan fingerprint density at radius 1 is 1.50 bits per heavy atom.